The van der Waals surface area contributed by atoms with Crippen molar-refractivity contribution >= 4 is 17.7 Å². The molecule has 0 aromatic heterocycles. The Labute approximate surface area is 147 Å². The number of aromatic hydroxyl groups is 1. The predicted octanol–water partition coefficient (Wildman–Crippen LogP) is 3.98. The van der Waals surface area contributed by atoms with Crippen LogP contribution in [0.1, 0.15) is 25.3 Å². The minimum Gasteiger partial charge on any atom is -0.508 e. The summed E-state index contributed by atoms with van der Waals surface area (Å²) in [6.45, 7) is 2.64. The molecule has 0 saturated heterocycles. The Balaban J connectivity index is 1.69. The van der Waals surface area contributed by atoms with Crippen molar-refractivity contribution in [3.63, 3.8) is 0 Å². The highest BCUT2D eigenvalue weighted by Gasteiger charge is 2.08. The van der Waals surface area contributed by atoms with Gasteiger partial charge in [0, 0.05) is 23.1 Å². The lowest BCUT2D eigenvalue weighted by atomic mass is 10.2. The third-order valence-electron chi connectivity index (χ3n) is 3.60. The Morgan fingerprint density at radius 3 is 2.46 bits per heavy atom. The summed E-state index contributed by atoms with van der Waals surface area (Å²) < 4.78 is 5.11. The first kappa shape index (κ1) is 18.2. The highest BCUT2D eigenvalue weighted by molar-refractivity contribution is 7.99. The Hall–Kier alpha value is -2.14. The summed E-state index contributed by atoms with van der Waals surface area (Å²) in [5.41, 5.74) is 1.05. The van der Waals surface area contributed by atoms with E-state index in [1.165, 1.54) is 0 Å². The molecule has 0 fully saturated rings. The molecule has 24 heavy (non-hydrogen) atoms. The van der Waals surface area contributed by atoms with Gasteiger partial charge in [-0.2, -0.15) is 0 Å². The van der Waals surface area contributed by atoms with E-state index >= 15 is 0 Å². The molecule has 0 bridgehead atoms. The van der Waals surface area contributed by atoms with E-state index in [4.69, 9.17) is 4.74 Å². The lowest BCUT2D eigenvalue weighted by molar-refractivity contribution is -0.121. The number of hydrogen-bond acceptors (Lipinski definition) is 4. The molecule has 0 aliphatic heterocycles. The molecule has 2 aromatic rings. The van der Waals surface area contributed by atoms with Crippen LogP contribution in [0.4, 0.5) is 0 Å². The molecule has 2 aromatic carbocycles. The van der Waals surface area contributed by atoms with Crippen LogP contribution in [0.2, 0.25) is 0 Å². The van der Waals surface area contributed by atoms with Crippen LogP contribution in [0.25, 0.3) is 0 Å². The Morgan fingerprint density at radius 2 is 1.83 bits per heavy atom. The number of ether oxygens (including phenoxy) is 1. The summed E-state index contributed by atoms with van der Waals surface area (Å²) in [6.07, 6.45) is 1.31. The maximum Gasteiger partial charge on any atom is 0.220 e. The molecular formula is C19H23NO3S. The van der Waals surface area contributed by atoms with Crippen molar-refractivity contribution in [1.29, 1.82) is 0 Å². The summed E-state index contributed by atoms with van der Waals surface area (Å²) in [5, 5.41) is 12.6. The second-order valence-electron chi connectivity index (χ2n) is 5.59. The van der Waals surface area contributed by atoms with Gasteiger partial charge in [0.05, 0.1) is 7.11 Å². The van der Waals surface area contributed by atoms with Gasteiger partial charge in [0.1, 0.15) is 11.5 Å². The third-order valence-corrected chi connectivity index (χ3v) is 4.78. The third kappa shape index (κ3) is 6.16. The monoisotopic (exact) mass is 345 g/mol. The van der Waals surface area contributed by atoms with Crippen molar-refractivity contribution in [3.05, 3.63) is 54.1 Å². The average Bonchev–Trinajstić information content (AvgIpc) is 2.60. The highest BCUT2D eigenvalue weighted by Crippen LogP contribution is 2.27. The number of phenols is 1. The molecule has 1 amide bonds. The molecule has 2 rings (SSSR count). The maximum atomic E-state index is 12.0. The lowest BCUT2D eigenvalue weighted by Gasteiger charge is -2.11. The largest absolute Gasteiger partial charge is 0.508 e. The van der Waals surface area contributed by atoms with E-state index in [0.29, 0.717) is 18.2 Å². The molecule has 0 aliphatic rings. The zero-order chi connectivity index (χ0) is 17.4. The summed E-state index contributed by atoms with van der Waals surface area (Å²) in [6, 6.07) is 14.8. The fraction of sp³-hybridized carbons (Fsp3) is 0.316. The number of amides is 1. The van der Waals surface area contributed by atoms with Crippen LogP contribution in [-0.2, 0) is 11.3 Å². The minimum atomic E-state index is 0.0592. The van der Waals surface area contributed by atoms with Gasteiger partial charge in [-0.25, -0.2) is 0 Å². The minimum absolute atomic E-state index is 0.0592. The van der Waals surface area contributed by atoms with E-state index in [1.54, 1.807) is 31.0 Å². The van der Waals surface area contributed by atoms with E-state index in [2.05, 4.69) is 12.2 Å². The van der Waals surface area contributed by atoms with Crippen LogP contribution in [0.3, 0.4) is 0 Å². The van der Waals surface area contributed by atoms with Crippen LogP contribution in [-0.4, -0.2) is 23.4 Å². The van der Waals surface area contributed by atoms with Gasteiger partial charge in [-0.3, -0.25) is 4.79 Å². The molecule has 0 aliphatic carbocycles. The quantitative estimate of drug-likeness (QED) is 0.711. The number of hydrogen-bond donors (Lipinski definition) is 2. The first-order valence-electron chi connectivity index (χ1n) is 7.92. The first-order chi connectivity index (χ1) is 11.6. The van der Waals surface area contributed by atoms with E-state index in [1.807, 2.05) is 36.4 Å². The average molecular weight is 345 g/mol. The summed E-state index contributed by atoms with van der Waals surface area (Å²) >= 11 is 1.71. The molecule has 4 nitrogen and oxygen atoms in total. The Bertz CT molecular complexity index is 641. The van der Waals surface area contributed by atoms with Crippen molar-refractivity contribution in [1.82, 2.24) is 5.32 Å². The highest BCUT2D eigenvalue weighted by atomic mass is 32.2. The topological polar surface area (TPSA) is 58.6 Å². The summed E-state index contributed by atoms with van der Waals surface area (Å²) in [5.74, 6) is 1.14. The summed E-state index contributed by atoms with van der Waals surface area (Å²) in [7, 11) is 1.63. The molecule has 5 heteroatoms. The smallest absolute Gasteiger partial charge is 0.220 e. The van der Waals surface area contributed by atoms with Gasteiger partial charge in [-0.1, -0.05) is 19.1 Å². The van der Waals surface area contributed by atoms with Crippen molar-refractivity contribution < 1.29 is 14.6 Å². The van der Waals surface area contributed by atoms with Crippen LogP contribution in [0.5, 0.6) is 11.5 Å². The number of carbonyl (C=O) groups excluding carboxylic acids is 1. The Morgan fingerprint density at radius 1 is 1.17 bits per heavy atom. The number of carbonyl (C=O) groups is 1. The van der Waals surface area contributed by atoms with Crippen LogP contribution in [0.15, 0.2) is 53.4 Å². The SMILES string of the molecule is COc1ccc(CNC(=O)CCC(C)Sc2ccc(O)cc2)cc1. The normalized spacial score (nSPS) is 11.8. The second kappa shape index (κ2) is 9.23. The number of phenolic OH excluding ortho intramolecular Hbond substituents is 1. The lowest BCUT2D eigenvalue weighted by Crippen LogP contribution is -2.23. The second-order valence-corrected chi connectivity index (χ2v) is 7.10. The fourth-order valence-corrected chi connectivity index (χ4v) is 3.18. The standard InChI is InChI=1S/C19H23NO3S/c1-14(24-18-10-6-16(21)7-11-18)3-12-19(22)20-13-15-4-8-17(23-2)9-5-15/h4-11,14,21H,3,12-13H2,1-2H3,(H,20,22). The van der Waals surface area contributed by atoms with Crippen LogP contribution in [0, 0.1) is 0 Å². The van der Waals surface area contributed by atoms with Gasteiger partial charge in [-0.05, 0) is 48.4 Å². The zero-order valence-corrected chi connectivity index (χ0v) is 14.8. The van der Waals surface area contributed by atoms with Gasteiger partial charge in [0.25, 0.3) is 0 Å². The molecule has 0 radical (unpaired) electrons. The molecule has 0 saturated carbocycles. The molecule has 1 unspecified atom stereocenters. The Kier molecular flexibility index (Phi) is 7.00. The maximum absolute atomic E-state index is 12.0. The van der Waals surface area contributed by atoms with Crippen LogP contribution < -0.4 is 10.1 Å². The van der Waals surface area contributed by atoms with Crippen molar-refractivity contribution in [2.75, 3.05) is 7.11 Å². The van der Waals surface area contributed by atoms with Crippen LogP contribution >= 0.6 is 11.8 Å². The summed E-state index contributed by atoms with van der Waals surface area (Å²) in [4.78, 5) is 13.1. The van der Waals surface area contributed by atoms with E-state index in [0.717, 1.165) is 22.6 Å². The van der Waals surface area contributed by atoms with Crippen molar-refractivity contribution in [2.45, 2.75) is 36.5 Å². The number of methoxy groups -OCH3 is 1. The number of thioether (sulfide) groups is 1. The van der Waals surface area contributed by atoms with Gasteiger partial charge in [0.2, 0.25) is 5.91 Å². The van der Waals surface area contributed by atoms with E-state index < -0.39 is 0 Å². The van der Waals surface area contributed by atoms with Crippen molar-refractivity contribution in [2.24, 2.45) is 0 Å². The molecule has 2 N–H and O–H groups in total. The molecule has 0 spiro atoms. The van der Waals surface area contributed by atoms with Gasteiger partial charge < -0.3 is 15.2 Å². The number of nitrogens with one attached hydrogen (secondary N) is 1. The molecule has 0 heterocycles. The predicted molar refractivity (Wildman–Crippen MR) is 97.5 cm³/mol. The first-order valence-corrected chi connectivity index (χ1v) is 8.80. The number of benzene rings is 2. The zero-order valence-electron chi connectivity index (χ0n) is 14.0. The van der Waals surface area contributed by atoms with E-state index in [-0.39, 0.29) is 11.7 Å². The van der Waals surface area contributed by atoms with Gasteiger partial charge in [0.15, 0.2) is 0 Å². The molecular weight excluding hydrogens is 322 g/mol. The van der Waals surface area contributed by atoms with E-state index in [9.17, 15) is 9.90 Å². The molecule has 128 valence electrons. The van der Waals surface area contributed by atoms with Gasteiger partial charge >= 0.3 is 0 Å². The fourth-order valence-electron chi connectivity index (χ4n) is 2.18. The molecule has 1 atom stereocenters. The van der Waals surface area contributed by atoms with Gasteiger partial charge in [-0.15, -0.1) is 11.8 Å². The van der Waals surface area contributed by atoms with Crippen molar-refractivity contribution in [3.8, 4) is 11.5 Å². The number of rotatable bonds is 8.